The summed E-state index contributed by atoms with van der Waals surface area (Å²) in [5, 5.41) is 8.01. The van der Waals surface area contributed by atoms with Gasteiger partial charge in [0.15, 0.2) is 5.69 Å². The van der Waals surface area contributed by atoms with Crippen LogP contribution in [-0.4, -0.2) is 44.6 Å². The Morgan fingerprint density at radius 1 is 1.47 bits per heavy atom. The highest BCUT2D eigenvalue weighted by molar-refractivity contribution is 8.00. The fourth-order valence-electron chi connectivity index (χ4n) is 1.82. The summed E-state index contributed by atoms with van der Waals surface area (Å²) in [6.07, 6.45) is 0. The van der Waals surface area contributed by atoms with Crippen LogP contribution in [-0.2, 0) is 0 Å². The molecule has 0 saturated carbocycles. The number of thioether (sulfide) groups is 1. The molecule has 6 heteroatoms. The van der Waals surface area contributed by atoms with E-state index in [4.69, 9.17) is 5.73 Å². The molecule has 0 aromatic carbocycles. The average Bonchev–Trinajstić information content (AvgIpc) is 2.33. The zero-order valence-corrected chi connectivity index (χ0v) is 10.8. The van der Waals surface area contributed by atoms with Crippen LogP contribution in [0, 0.1) is 0 Å². The largest absolute Gasteiger partial charge is 0.382 e. The molecular weight excluding hydrogens is 236 g/mol. The van der Waals surface area contributed by atoms with Crippen LogP contribution in [0.2, 0.25) is 0 Å². The smallest absolute Gasteiger partial charge is 0.274 e. The standard InChI is InChI=1S/C11H16N4OS/c1-7-8(2)17-6-5-15(7)11(16)9-3-4-10(12)14-13-9/h3-4,7-8H,5-6H2,1-2H3,(H2,12,14). The second kappa shape index (κ2) is 4.91. The van der Waals surface area contributed by atoms with Crippen molar-refractivity contribution in [3.8, 4) is 0 Å². The minimum atomic E-state index is -0.0582. The summed E-state index contributed by atoms with van der Waals surface area (Å²) >= 11 is 1.90. The molecule has 5 nitrogen and oxygen atoms in total. The lowest BCUT2D eigenvalue weighted by atomic mass is 10.2. The van der Waals surface area contributed by atoms with Crippen molar-refractivity contribution < 1.29 is 4.79 Å². The summed E-state index contributed by atoms with van der Waals surface area (Å²) in [5.74, 6) is 1.24. The molecular formula is C11H16N4OS. The predicted octanol–water partition coefficient (Wildman–Crippen LogP) is 1.02. The number of amides is 1. The van der Waals surface area contributed by atoms with Crippen molar-refractivity contribution in [3.63, 3.8) is 0 Å². The van der Waals surface area contributed by atoms with Crippen LogP contribution < -0.4 is 5.73 Å². The summed E-state index contributed by atoms with van der Waals surface area (Å²) < 4.78 is 0. The minimum absolute atomic E-state index is 0.0582. The Balaban J connectivity index is 2.16. The molecule has 1 aliphatic heterocycles. The van der Waals surface area contributed by atoms with Crippen molar-refractivity contribution in [2.45, 2.75) is 25.1 Å². The number of nitrogens with two attached hydrogens (primary N) is 1. The summed E-state index contributed by atoms with van der Waals surface area (Å²) in [6, 6.07) is 3.46. The van der Waals surface area contributed by atoms with Crippen molar-refractivity contribution in [3.05, 3.63) is 17.8 Å². The van der Waals surface area contributed by atoms with Crippen LogP contribution in [0.3, 0.4) is 0 Å². The third-order valence-corrected chi connectivity index (χ3v) is 4.39. The van der Waals surface area contributed by atoms with Crippen molar-refractivity contribution in [1.82, 2.24) is 15.1 Å². The first kappa shape index (κ1) is 12.2. The van der Waals surface area contributed by atoms with Gasteiger partial charge in [0.25, 0.3) is 5.91 Å². The van der Waals surface area contributed by atoms with Gasteiger partial charge in [-0.3, -0.25) is 4.79 Å². The topological polar surface area (TPSA) is 72.1 Å². The van der Waals surface area contributed by atoms with Gasteiger partial charge in [-0.15, -0.1) is 10.2 Å². The van der Waals surface area contributed by atoms with E-state index in [0.29, 0.717) is 16.8 Å². The molecule has 2 unspecified atom stereocenters. The van der Waals surface area contributed by atoms with E-state index in [1.807, 2.05) is 16.7 Å². The Morgan fingerprint density at radius 2 is 2.24 bits per heavy atom. The molecule has 0 radical (unpaired) electrons. The van der Waals surface area contributed by atoms with Crippen molar-refractivity contribution in [1.29, 1.82) is 0 Å². The Bertz CT molecular complexity index is 408. The molecule has 0 spiro atoms. The Morgan fingerprint density at radius 3 is 2.88 bits per heavy atom. The van der Waals surface area contributed by atoms with Gasteiger partial charge in [-0.05, 0) is 19.1 Å². The lowest BCUT2D eigenvalue weighted by Gasteiger charge is -2.37. The maximum atomic E-state index is 12.2. The Kier molecular flexibility index (Phi) is 3.51. The SMILES string of the molecule is CC1SCCN(C(=O)c2ccc(N)nn2)C1C. The number of carbonyl (C=O) groups is 1. The highest BCUT2D eigenvalue weighted by atomic mass is 32.2. The number of carbonyl (C=O) groups excluding carboxylic acids is 1. The molecule has 2 heterocycles. The van der Waals surface area contributed by atoms with E-state index in [2.05, 4.69) is 24.0 Å². The lowest BCUT2D eigenvalue weighted by Crippen LogP contribution is -2.48. The molecule has 1 amide bonds. The number of hydrogen-bond donors (Lipinski definition) is 1. The second-order valence-electron chi connectivity index (χ2n) is 4.16. The van der Waals surface area contributed by atoms with E-state index in [-0.39, 0.29) is 11.9 Å². The van der Waals surface area contributed by atoms with Gasteiger partial charge in [-0.25, -0.2) is 0 Å². The number of nitrogen functional groups attached to an aromatic ring is 1. The minimum Gasteiger partial charge on any atom is -0.382 e. The molecule has 1 aliphatic rings. The molecule has 1 fully saturated rings. The van der Waals surface area contributed by atoms with E-state index in [1.165, 1.54) is 0 Å². The molecule has 2 N–H and O–H groups in total. The molecule has 1 aromatic rings. The van der Waals surface area contributed by atoms with E-state index < -0.39 is 0 Å². The molecule has 92 valence electrons. The van der Waals surface area contributed by atoms with Gasteiger partial charge in [-0.1, -0.05) is 6.92 Å². The first-order chi connectivity index (χ1) is 8.09. The van der Waals surface area contributed by atoms with Crippen LogP contribution in [0.5, 0.6) is 0 Å². The average molecular weight is 252 g/mol. The zero-order chi connectivity index (χ0) is 12.4. The second-order valence-corrected chi connectivity index (χ2v) is 5.64. The number of nitrogens with zero attached hydrogens (tertiary/aromatic N) is 3. The van der Waals surface area contributed by atoms with E-state index in [9.17, 15) is 4.79 Å². The van der Waals surface area contributed by atoms with Crippen LogP contribution in [0.15, 0.2) is 12.1 Å². The molecule has 2 rings (SSSR count). The molecule has 1 saturated heterocycles. The van der Waals surface area contributed by atoms with Gasteiger partial charge in [0.05, 0.1) is 0 Å². The van der Waals surface area contributed by atoms with Gasteiger partial charge in [0.2, 0.25) is 0 Å². The van der Waals surface area contributed by atoms with E-state index >= 15 is 0 Å². The Hall–Kier alpha value is -1.30. The maximum Gasteiger partial charge on any atom is 0.274 e. The first-order valence-corrected chi connectivity index (χ1v) is 6.66. The first-order valence-electron chi connectivity index (χ1n) is 5.61. The highest BCUT2D eigenvalue weighted by Gasteiger charge is 2.30. The Labute approximate surface area is 105 Å². The monoisotopic (exact) mass is 252 g/mol. The van der Waals surface area contributed by atoms with Crippen molar-refractivity contribution in [2.75, 3.05) is 18.0 Å². The van der Waals surface area contributed by atoms with Gasteiger partial charge >= 0.3 is 0 Å². The van der Waals surface area contributed by atoms with Crippen LogP contribution in [0.25, 0.3) is 0 Å². The summed E-state index contributed by atoms with van der Waals surface area (Å²) in [5.41, 5.74) is 5.82. The zero-order valence-electron chi connectivity index (χ0n) is 9.96. The normalized spacial score (nSPS) is 24.7. The molecule has 0 bridgehead atoms. The maximum absolute atomic E-state index is 12.2. The summed E-state index contributed by atoms with van der Waals surface area (Å²) in [6.45, 7) is 4.98. The number of anilines is 1. The molecule has 0 aliphatic carbocycles. The summed E-state index contributed by atoms with van der Waals surface area (Å²) in [4.78, 5) is 14.1. The lowest BCUT2D eigenvalue weighted by molar-refractivity contribution is 0.0691. The van der Waals surface area contributed by atoms with Gasteiger partial charge < -0.3 is 10.6 Å². The molecule has 17 heavy (non-hydrogen) atoms. The third kappa shape index (κ3) is 2.52. The van der Waals surface area contributed by atoms with Gasteiger partial charge in [-0.2, -0.15) is 11.8 Å². The molecule has 1 aromatic heterocycles. The van der Waals surface area contributed by atoms with E-state index in [0.717, 1.165) is 12.3 Å². The van der Waals surface area contributed by atoms with Gasteiger partial charge in [0, 0.05) is 23.6 Å². The van der Waals surface area contributed by atoms with Crippen LogP contribution in [0.1, 0.15) is 24.3 Å². The number of rotatable bonds is 1. The predicted molar refractivity (Wildman–Crippen MR) is 68.9 cm³/mol. The molecule has 2 atom stereocenters. The fourth-order valence-corrected chi connectivity index (χ4v) is 2.92. The quantitative estimate of drug-likeness (QED) is 0.808. The summed E-state index contributed by atoms with van der Waals surface area (Å²) in [7, 11) is 0. The van der Waals surface area contributed by atoms with Crippen molar-refractivity contribution in [2.24, 2.45) is 0 Å². The highest BCUT2D eigenvalue weighted by Crippen LogP contribution is 2.25. The fraction of sp³-hybridized carbons (Fsp3) is 0.545. The van der Waals surface area contributed by atoms with Crippen LogP contribution in [0.4, 0.5) is 5.82 Å². The van der Waals surface area contributed by atoms with Gasteiger partial charge in [0.1, 0.15) is 5.82 Å². The number of aromatic nitrogens is 2. The van der Waals surface area contributed by atoms with Crippen molar-refractivity contribution >= 4 is 23.5 Å². The van der Waals surface area contributed by atoms with E-state index in [1.54, 1.807) is 12.1 Å². The van der Waals surface area contributed by atoms with Crippen LogP contribution >= 0.6 is 11.8 Å². The number of hydrogen-bond acceptors (Lipinski definition) is 5. The third-order valence-electron chi connectivity index (χ3n) is 3.05.